The summed E-state index contributed by atoms with van der Waals surface area (Å²) in [5.74, 6) is 1.27. The summed E-state index contributed by atoms with van der Waals surface area (Å²) in [6.07, 6.45) is 2.79. The molecule has 0 fully saturated rings. The van der Waals surface area contributed by atoms with Gasteiger partial charge in [-0.3, -0.25) is 5.01 Å². The van der Waals surface area contributed by atoms with Crippen molar-refractivity contribution < 1.29 is 5.11 Å². The maximum Gasteiger partial charge on any atom is 0.129 e. The van der Waals surface area contributed by atoms with Crippen molar-refractivity contribution in [3.8, 4) is 5.75 Å². The van der Waals surface area contributed by atoms with Crippen LogP contribution in [0.5, 0.6) is 5.75 Å². The van der Waals surface area contributed by atoms with Crippen molar-refractivity contribution in [1.82, 2.24) is 0 Å². The number of phenolic OH excluding ortho intramolecular Hbond substituents is 1. The van der Waals surface area contributed by atoms with E-state index in [4.69, 9.17) is 0 Å². The highest BCUT2D eigenvalue weighted by molar-refractivity contribution is 5.97. The molecule has 0 aliphatic carbocycles. The lowest BCUT2D eigenvalue weighted by Crippen LogP contribution is -2.11. The van der Waals surface area contributed by atoms with Crippen LogP contribution in [0.3, 0.4) is 0 Å². The Bertz CT molecular complexity index is 667. The molecule has 3 rings (SSSR count). The molecule has 114 valence electrons. The van der Waals surface area contributed by atoms with Gasteiger partial charge in [-0.1, -0.05) is 37.6 Å². The second kappa shape index (κ2) is 6.52. The van der Waals surface area contributed by atoms with Crippen LogP contribution in [0.15, 0.2) is 53.6 Å². The lowest BCUT2D eigenvalue weighted by atomic mass is 10.1. The topological polar surface area (TPSA) is 47.9 Å². The summed E-state index contributed by atoms with van der Waals surface area (Å²) in [6, 6.07) is 15.9. The molecule has 2 N–H and O–H groups in total. The molecule has 0 aromatic heterocycles. The molecule has 1 aliphatic heterocycles. The van der Waals surface area contributed by atoms with E-state index in [1.54, 1.807) is 6.07 Å². The summed E-state index contributed by atoms with van der Waals surface area (Å²) in [5.41, 5.74) is 2.97. The molecule has 1 aliphatic rings. The van der Waals surface area contributed by atoms with Gasteiger partial charge < -0.3 is 10.4 Å². The number of nitrogens with zero attached hydrogens (tertiary/aromatic N) is 2. The van der Waals surface area contributed by atoms with Crippen LogP contribution in [0.1, 0.15) is 25.3 Å². The van der Waals surface area contributed by atoms with E-state index in [2.05, 4.69) is 29.5 Å². The molecule has 0 bridgehead atoms. The van der Waals surface area contributed by atoms with Gasteiger partial charge in [0.2, 0.25) is 0 Å². The van der Waals surface area contributed by atoms with Crippen LogP contribution in [0.25, 0.3) is 0 Å². The smallest absolute Gasteiger partial charge is 0.129 e. The van der Waals surface area contributed by atoms with Gasteiger partial charge in [-0.2, -0.15) is 5.10 Å². The van der Waals surface area contributed by atoms with Crippen LogP contribution >= 0.6 is 0 Å². The van der Waals surface area contributed by atoms with Crippen molar-refractivity contribution in [1.29, 1.82) is 0 Å². The third-order valence-corrected chi connectivity index (χ3v) is 3.75. The van der Waals surface area contributed by atoms with E-state index in [9.17, 15) is 5.11 Å². The number of amidine groups is 1. The fourth-order valence-electron chi connectivity index (χ4n) is 2.62. The van der Waals surface area contributed by atoms with Crippen molar-refractivity contribution in [2.45, 2.75) is 26.2 Å². The first-order chi connectivity index (χ1) is 10.8. The minimum Gasteiger partial charge on any atom is -0.508 e. The zero-order chi connectivity index (χ0) is 15.4. The predicted molar refractivity (Wildman–Crippen MR) is 91.6 cm³/mol. The summed E-state index contributed by atoms with van der Waals surface area (Å²) in [6.45, 7) is 2.98. The third kappa shape index (κ3) is 3.22. The largest absolute Gasteiger partial charge is 0.508 e. The minimum atomic E-state index is 0.352. The number of hydrazone groups is 1. The van der Waals surface area contributed by atoms with Crippen molar-refractivity contribution in [2.75, 3.05) is 16.9 Å². The standard InChI is InChI=1S/C18H21N3O/c1-2-6-14-9-10-15(13-17(14)22)19-18-11-12-21(20-18)16-7-4-3-5-8-16/h3-5,7-10,13,22H,2,6,11-12H2,1H3,(H,19,20). The maximum atomic E-state index is 10.0. The Morgan fingerprint density at radius 3 is 2.73 bits per heavy atom. The molecular weight excluding hydrogens is 274 g/mol. The number of nitrogens with one attached hydrogen (secondary N) is 1. The maximum absolute atomic E-state index is 10.0. The van der Waals surface area contributed by atoms with Gasteiger partial charge in [-0.05, 0) is 30.2 Å². The van der Waals surface area contributed by atoms with E-state index in [0.717, 1.165) is 48.6 Å². The Labute approximate surface area is 131 Å². The molecule has 0 saturated carbocycles. The molecule has 1 heterocycles. The van der Waals surface area contributed by atoms with Crippen LogP contribution in [-0.4, -0.2) is 17.5 Å². The number of hydrogen-bond donors (Lipinski definition) is 2. The lowest BCUT2D eigenvalue weighted by molar-refractivity contribution is 0.468. The summed E-state index contributed by atoms with van der Waals surface area (Å²) in [5, 5.41) is 19.9. The summed E-state index contributed by atoms with van der Waals surface area (Å²) in [4.78, 5) is 0. The number of aromatic hydroxyl groups is 1. The molecule has 4 nitrogen and oxygen atoms in total. The number of para-hydroxylation sites is 1. The highest BCUT2D eigenvalue weighted by atomic mass is 16.3. The highest BCUT2D eigenvalue weighted by Crippen LogP contribution is 2.24. The van der Waals surface area contributed by atoms with E-state index in [0.29, 0.717) is 5.75 Å². The third-order valence-electron chi connectivity index (χ3n) is 3.75. The number of aryl methyl sites for hydroxylation is 1. The number of hydrogen-bond acceptors (Lipinski definition) is 4. The van der Waals surface area contributed by atoms with Gasteiger partial charge in [0.25, 0.3) is 0 Å². The monoisotopic (exact) mass is 295 g/mol. The van der Waals surface area contributed by atoms with E-state index in [-0.39, 0.29) is 0 Å². The van der Waals surface area contributed by atoms with E-state index >= 15 is 0 Å². The van der Waals surface area contributed by atoms with Gasteiger partial charge in [0.15, 0.2) is 0 Å². The average molecular weight is 295 g/mol. The van der Waals surface area contributed by atoms with E-state index in [1.807, 2.05) is 35.3 Å². The molecule has 22 heavy (non-hydrogen) atoms. The molecule has 0 atom stereocenters. The highest BCUT2D eigenvalue weighted by Gasteiger charge is 2.16. The molecule has 2 aromatic rings. The lowest BCUT2D eigenvalue weighted by Gasteiger charge is -2.12. The van der Waals surface area contributed by atoms with Crippen LogP contribution < -0.4 is 10.3 Å². The number of anilines is 2. The fourth-order valence-corrected chi connectivity index (χ4v) is 2.62. The number of rotatable bonds is 4. The molecule has 0 unspecified atom stereocenters. The molecule has 4 heteroatoms. The Kier molecular flexibility index (Phi) is 4.28. The SMILES string of the molecule is CCCc1ccc(NC2=NN(c3ccccc3)CC2)cc1O. The van der Waals surface area contributed by atoms with E-state index < -0.39 is 0 Å². The van der Waals surface area contributed by atoms with Crippen LogP contribution in [0.4, 0.5) is 11.4 Å². The Hall–Kier alpha value is -2.49. The van der Waals surface area contributed by atoms with Gasteiger partial charge in [0.1, 0.15) is 11.6 Å². The molecule has 0 radical (unpaired) electrons. The summed E-state index contributed by atoms with van der Waals surface area (Å²) < 4.78 is 0. The predicted octanol–water partition coefficient (Wildman–Crippen LogP) is 3.98. The van der Waals surface area contributed by atoms with Crippen LogP contribution in [0, 0.1) is 0 Å². The van der Waals surface area contributed by atoms with Crippen molar-refractivity contribution in [3.05, 3.63) is 54.1 Å². The molecular formula is C18H21N3O. The minimum absolute atomic E-state index is 0.352. The van der Waals surface area contributed by atoms with Crippen LogP contribution in [-0.2, 0) is 6.42 Å². The molecule has 0 spiro atoms. The molecule has 0 saturated heterocycles. The first-order valence-corrected chi connectivity index (χ1v) is 7.75. The van der Waals surface area contributed by atoms with Crippen LogP contribution in [0.2, 0.25) is 0 Å². The zero-order valence-corrected chi connectivity index (χ0v) is 12.8. The second-order valence-corrected chi connectivity index (χ2v) is 5.47. The quantitative estimate of drug-likeness (QED) is 0.897. The fraction of sp³-hybridized carbons (Fsp3) is 0.278. The van der Waals surface area contributed by atoms with Gasteiger partial charge in [0, 0.05) is 24.7 Å². The van der Waals surface area contributed by atoms with Crippen molar-refractivity contribution in [3.63, 3.8) is 0 Å². The first-order valence-electron chi connectivity index (χ1n) is 7.75. The number of benzene rings is 2. The first kappa shape index (κ1) is 14.4. The zero-order valence-electron chi connectivity index (χ0n) is 12.8. The van der Waals surface area contributed by atoms with E-state index in [1.165, 1.54) is 0 Å². The normalized spacial score (nSPS) is 14.0. The van der Waals surface area contributed by atoms with Gasteiger partial charge >= 0.3 is 0 Å². The van der Waals surface area contributed by atoms with Gasteiger partial charge in [-0.25, -0.2) is 0 Å². The van der Waals surface area contributed by atoms with Crippen molar-refractivity contribution in [2.24, 2.45) is 5.10 Å². The Balaban J connectivity index is 1.70. The molecule has 0 amide bonds. The summed E-state index contributed by atoms with van der Waals surface area (Å²) in [7, 11) is 0. The Morgan fingerprint density at radius 2 is 2.00 bits per heavy atom. The van der Waals surface area contributed by atoms with Gasteiger partial charge in [0.05, 0.1) is 5.69 Å². The summed E-state index contributed by atoms with van der Waals surface area (Å²) >= 11 is 0. The van der Waals surface area contributed by atoms with Crippen molar-refractivity contribution >= 4 is 17.2 Å². The van der Waals surface area contributed by atoms with Gasteiger partial charge in [-0.15, -0.1) is 0 Å². The second-order valence-electron chi connectivity index (χ2n) is 5.47. The number of phenols is 1. The Morgan fingerprint density at radius 1 is 1.18 bits per heavy atom. The average Bonchev–Trinajstić information content (AvgIpc) is 3.00. The molecule has 2 aromatic carbocycles.